The Bertz CT molecular complexity index is 769. The van der Waals surface area contributed by atoms with Crippen LogP contribution in [0.3, 0.4) is 0 Å². The van der Waals surface area contributed by atoms with E-state index in [0.717, 1.165) is 17.9 Å². The van der Waals surface area contributed by atoms with Gasteiger partial charge in [0.15, 0.2) is 11.5 Å². The molecule has 3 aliphatic heterocycles. The van der Waals surface area contributed by atoms with Crippen LogP contribution in [0.2, 0.25) is 0 Å². The van der Waals surface area contributed by atoms with Crippen molar-refractivity contribution in [2.45, 2.75) is 37.8 Å². The van der Waals surface area contributed by atoms with Crippen molar-refractivity contribution in [1.29, 1.82) is 0 Å². The van der Waals surface area contributed by atoms with Gasteiger partial charge in [0.1, 0.15) is 0 Å². The molecule has 3 heterocycles. The molecule has 1 fully saturated rings. The molecular formula is C20H23NO6. The Labute approximate surface area is 157 Å². The third-order valence-corrected chi connectivity index (χ3v) is 5.10. The van der Waals surface area contributed by atoms with Crippen molar-refractivity contribution in [3.8, 4) is 11.5 Å². The van der Waals surface area contributed by atoms with Crippen LogP contribution < -0.4 is 9.47 Å². The van der Waals surface area contributed by atoms with Crippen molar-refractivity contribution < 1.29 is 29.3 Å². The molecule has 4 rings (SSSR count). The van der Waals surface area contributed by atoms with Gasteiger partial charge in [-0.2, -0.15) is 0 Å². The second-order valence-corrected chi connectivity index (χ2v) is 6.79. The minimum Gasteiger partial charge on any atom is -0.478 e. The molecule has 1 saturated heterocycles. The largest absolute Gasteiger partial charge is 0.478 e. The number of rotatable bonds is 3. The highest BCUT2D eigenvalue weighted by Gasteiger charge is 2.31. The van der Waals surface area contributed by atoms with Crippen molar-refractivity contribution in [3.05, 3.63) is 42.0 Å². The normalized spacial score (nSPS) is 23.4. The van der Waals surface area contributed by atoms with Gasteiger partial charge in [-0.3, -0.25) is 4.90 Å². The summed E-state index contributed by atoms with van der Waals surface area (Å²) < 4.78 is 10.9. The second kappa shape index (κ2) is 8.26. The Morgan fingerprint density at radius 3 is 2.48 bits per heavy atom. The van der Waals surface area contributed by atoms with E-state index in [9.17, 15) is 9.59 Å². The average Bonchev–Trinajstić information content (AvgIpc) is 3.08. The molecule has 0 aromatic heterocycles. The molecule has 0 radical (unpaired) electrons. The van der Waals surface area contributed by atoms with E-state index >= 15 is 0 Å². The first kappa shape index (κ1) is 19.0. The Morgan fingerprint density at radius 1 is 1.11 bits per heavy atom. The molecule has 7 heteroatoms. The number of fused-ring (bicyclic) bond motifs is 3. The number of hydrogen-bond acceptors (Lipinski definition) is 5. The lowest BCUT2D eigenvalue weighted by molar-refractivity contribution is -0.134. The van der Waals surface area contributed by atoms with Crippen molar-refractivity contribution >= 4 is 17.5 Å². The van der Waals surface area contributed by atoms with Crippen LogP contribution in [0.25, 0.3) is 5.57 Å². The zero-order valence-electron chi connectivity index (χ0n) is 15.1. The molecule has 7 nitrogen and oxygen atoms in total. The first-order valence-electron chi connectivity index (χ1n) is 8.90. The number of piperidine rings is 1. The fraction of sp³-hybridized carbons (Fsp3) is 0.400. The van der Waals surface area contributed by atoms with Gasteiger partial charge in [0.2, 0.25) is 6.79 Å². The minimum absolute atomic E-state index is 0.353. The highest BCUT2D eigenvalue weighted by Crippen LogP contribution is 2.39. The van der Waals surface area contributed by atoms with E-state index in [-0.39, 0.29) is 0 Å². The van der Waals surface area contributed by atoms with E-state index in [0.29, 0.717) is 31.0 Å². The summed E-state index contributed by atoms with van der Waals surface area (Å²) in [5.74, 6) is -0.750. The molecule has 2 unspecified atom stereocenters. The summed E-state index contributed by atoms with van der Waals surface area (Å²) in [7, 11) is 2.27. The first-order valence-corrected chi connectivity index (χ1v) is 8.90. The molecule has 0 aliphatic carbocycles. The number of benzene rings is 1. The average molecular weight is 373 g/mol. The third kappa shape index (κ3) is 4.68. The molecule has 2 atom stereocenters. The van der Waals surface area contributed by atoms with Crippen LogP contribution in [0, 0.1) is 0 Å². The molecular weight excluding hydrogens is 350 g/mol. The topological polar surface area (TPSA) is 96.3 Å². The van der Waals surface area contributed by atoms with Gasteiger partial charge in [-0.05, 0) is 49.6 Å². The zero-order chi connectivity index (χ0) is 19.4. The maximum absolute atomic E-state index is 9.55. The maximum Gasteiger partial charge on any atom is 0.328 e. The van der Waals surface area contributed by atoms with Gasteiger partial charge in [-0.25, -0.2) is 9.59 Å². The summed E-state index contributed by atoms with van der Waals surface area (Å²) in [4.78, 5) is 21.6. The molecule has 144 valence electrons. The van der Waals surface area contributed by atoms with Crippen molar-refractivity contribution in [3.63, 3.8) is 0 Å². The Morgan fingerprint density at radius 2 is 1.81 bits per heavy atom. The van der Waals surface area contributed by atoms with Crippen LogP contribution >= 0.6 is 0 Å². The number of ether oxygens (including phenoxy) is 2. The summed E-state index contributed by atoms with van der Waals surface area (Å²) in [6.07, 6.45) is 8.71. The van der Waals surface area contributed by atoms with E-state index in [1.165, 1.54) is 30.4 Å². The fourth-order valence-electron chi connectivity index (χ4n) is 3.69. The van der Waals surface area contributed by atoms with Crippen LogP contribution in [-0.2, 0) is 9.59 Å². The summed E-state index contributed by atoms with van der Waals surface area (Å²) >= 11 is 0. The number of carbonyl (C=O) groups is 2. The van der Waals surface area contributed by atoms with Gasteiger partial charge >= 0.3 is 11.9 Å². The molecule has 0 spiro atoms. The number of nitrogens with zero attached hydrogens (tertiary/aromatic N) is 1. The van der Waals surface area contributed by atoms with Gasteiger partial charge in [-0.1, -0.05) is 18.6 Å². The Hall–Kier alpha value is -2.80. The maximum atomic E-state index is 9.55. The number of likely N-dealkylation sites (N-methyl/N-ethyl adjacent to an activating group) is 1. The molecule has 2 N–H and O–H groups in total. The van der Waals surface area contributed by atoms with E-state index < -0.39 is 11.9 Å². The standard InChI is InChI=1S/C16H19NO2.C4H4O4/c1-17-13-3-2-4-14(17)8-12(7-13)11-5-6-15-16(9-11)19-10-18-15;5-3(6)1-2-4(7)8/h5-7,9,13-14H,2-4,8,10H2,1H3;1-2H,(H,5,6)(H,7,8)/b;2-1+. The van der Waals surface area contributed by atoms with Crippen molar-refractivity contribution in [2.24, 2.45) is 0 Å². The first-order chi connectivity index (χ1) is 12.9. The number of hydrogen-bond donors (Lipinski definition) is 2. The zero-order valence-corrected chi connectivity index (χ0v) is 15.1. The molecule has 1 aromatic carbocycles. The monoisotopic (exact) mass is 373 g/mol. The van der Waals surface area contributed by atoms with Gasteiger partial charge in [0.25, 0.3) is 0 Å². The predicted octanol–water partition coefficient (Wildman–Crippen LogP) is 2.77. The number of aliphatic carboxylic acids is 2. The molecule has 2 bridgehead atoms. The van der Waals surface area contributed by atoms with Gasteiger partial charge in [0.05, 0.1) is 0 Å². The lowest BCUT2D eigenvalue weighted by atomic mass is 9.83. The third-order valence-electron chi connectivity index (χ3n) is 5.10. The summed E-state index contributed by atoms with van der Waals surface area (Å²) in [5, 5.41) is 15.6. The molecule has 1 aromatic rings. The van der Waals surface area contributed by atoms with Crippen LogP contribution in [0.5, 0.6) is 11.5 Å². The van der Waals surface area contributed by atoms with E-state index in [2.05, 4.69) is 30.2 Å². The molecule has 27 heavy (non-hydrogen) atoms. The van der Waals surface area contributed by atoms with E-state index in [1.54, 1.807) is 0 Å². The fourth-order valence-corrected chi connectivity index (χ4v) is 3.69. The molecule has 0 amide bonds. The van der Waals surface area contributed by atoms with Crippen molar-refractivity contribution in [1.82, 2.24) is 4.90 Å². The SMILES string of the molecule is CN1C2C=C(c3ccc4c(c3)OCO4)CC1CCC2.O=C(O)/C=C/C(=O)O. The lowest BCUT2D eigenvalue weighted by Crippen LogP contribution is -2.45. The number of carboxylic acid groups (broad SMARTS) is 2. The van der Waals surface area contributed by atoms with Crippen LogP contribution in [0.15, 0.2) is 36.4 Å². The van der Waals surface area contributed by atoms with Crippen LogP contribution in [-0.4, -0.2) is 53.0 Å². The van der Waals surface area contributed by atoms with Gasteiger partial charge < -0.3 is 19.7 Å². The molecule has 0 saturated carbocycles. The quantitative estimate of drug-likeness (QED) is 0.787. The Balaban J connectivity index is 0.000000226. The van der Waals surface area contributed by atoms with E-state index in [4.69, 9.17) is 19.7 Å². The summed E-state index contributed by atoms with van der Waals surface area (Å²) in [6, 6.07) is 7.67. The highest BCUT2D eigenvalue weighted by atomic mass is 16.7. The second-order valence-electron chi connectivity index (χ2n) is 6.79. The van der Waals surface area contributed by atoms with E-state index in [1.807, 2.05) is 6.07 Å². The minimum atomic E-state index is -1.26. The lowest BCUT2D eigenvalue weighted by Gasteiger charge is -2.42. The summed E-state index contributed by atoms with van der Waals surface area (Å²) in [5.41, 5.74) is 2.78. The van der Waals surface area contributed by atoms with Crippen LogP contribution in [0.1, 0.15) is 31.2 Å². The smallest absolute Gasteiger partial charge is 0.328 e. The highest BCUT2D eigenvalue weighted by molar-refractivity contribution is 5.89. The van der Waals surface area contributed by atoms with Crippen LogP contribution in [0.4, 0.5) is 0 Å². The van der Waals surface area contributed by atoms with Gasteiger partial charge in [-0.15, -0.1) is 0 Å². The van der Waals surface area contributed by atoms with Crippen molar-refractivity contribution in [2.75, 3.05) is 13.8 Å². The van der Waals surface area contributed by atoms with Gasteiger partial charge in [0, 0.05) is 24.2 Å². The predicted molar refractivity (Wildman–Crippen MR) is 98.8 cm³/mol. The molecule has 3 aliphatic rings. The summed E-state index contributed by atoms with van der Waals surface area (Å²) in [6.45, 7) is 0.353. The number of carboxylic acids is 2. The Kier molecular flexibility index (Phi) is 5.81.